The first-order chi connectivity index (χ1) is 11.5. The third kappa shape index (κ3) is 4.65. The zero-order valence-electron chi connectivity index (χ0n) is 12.8. The predicted molar refractivity (Wildman–Crippen MR) is 86.3 cm³/mol. The van der Waals surface area contributed by atoms with Crippen molar-refractivity contribution in [2.45, 2.75) is 6.92 Å². The molecule has 4 nitrogen and oxygen atoms in total. The van der Waals surface area contributed by atoms with Crippen LogP contribution in [0.4, 0.5) is 14.5 Å². The molecule has 0 unspecified atom stereocenters. The molecule has 0 aromatic heterocycles. The van der Waals surface area contributed by atoms with Crippen LogP contribution in [0.25, 0.3) is 0 Å². The maximum Gasteiger partial charge on any atom is 0.258 e. The quantitative estimate of drug-likeness (QED) is 0.851. The van der Waals surface area contributed by atoms with E-state index in [4.69, 9.17) is 0 Å². The Balaban J connectivity index is 1.94. The molecule has 2 N–H and O–H groups in total. The van der Waals surface area contributed by atoms with Crippen LogP contribution >= 0.6 is 0 Å². The molecule has 2 rings (SSSR count). The van der Waals surface area contributed by atoms with Gasteiger partial charge in [0.2, 0.25) is 5.91 Å². The zero-order valence-corrected chi connectivity index (χ0v) is 12.8. The van der Waals surface area contributed by atoms with Crippen molar-refractivity contribution in [2.24, 2.45) is 0 Å². The Labute approximate surface area is 137 Å². The minimum absolute atomic E-state index is 0.0555. The van der Waals surface area contributed by atoms with Crippen LogP contribution in [0.5, 0.6) is 0 Å². The number of hydrogen-bond donors (Lipinski definition) is 2. The molecule has 0 saturated carbocycles. The highest BCUT2D eigenvalue weighted by Gasteiger charge is 2.15. The van der Waals surface area contributed by atoms with Crippen molar-refractivity contribution in [1.29, 1.82) is 0 Å². The Morgan fingerprint density at radius 1 is 1.04 bits per heavy atom. The minimum atomic E-state index is -0.922. The average molecular weight is 328 g/mol. The summed E-state index contributed by atoms with van der Waals surface area (Å²) in [5.41, 5.74) is 0.700. The first kappa shape index (κ1) is 17.2. The number of halogens is 2. The van der Waals surface area contributed by atoms with Crippen LogP contribution < -0.4 is 10.6 Å². The first-order valence-corrected chi connectivity index (χ1v) is 7.06. The van der Waals surface area contributed by atoms with Gasteiger partial charge in [-0.3, -0.25) is 9.59 Å². The number of carbonyl (C=O) groups excluding carboxylic acids is 2. The van der Waals surface area contributed by atoms with Gasteiger partial charge in [-0.2, -0.15) is 0 Å². The zero-order chi connectivity index (χ0) is 17.5. The number of nitrogens with one attached hydrogen (secondary N) is 2. The highest BCUT2D eigenvalue weighted by Crippen LogP contribution is 2.11. The SMILES string of the molecule is CC(=O)Nc1ccc(C#CCNC(=O)c2c(F)cccc2F)cc1. The minimum Gasteiger partial charge on any atom is -0.341 e. The summed E-state index contributed by atoms with van der Waals surface area (Å²) in [6.07, 6.45) is 0. The summed E-state index contributed by atoms with van der Waals surface area (Å²) in [5.74, 6) is 2.61. The van der Waals surface area contributed by atoms with Crippen LogP contribution in [-0.2, 0) is 4.79 Å². The molecule has 0 aliphatic carbocycles. The van der Waals surface area contributed by atoms with E-state index in [2.05, 4.69) is 22.5 Å². The van der Waals surface area contributed by atoms with Crippen molar-refractivity contribution < 1.29 is 18.4 Å². The fourth-order valence-electron chi connectivity index (χ4n) is 1.91. The topological polar surface area (TPSA) is 58.2 Å². The Morgan fingerprint density at radius 2 is 1.67 bits per heavy atom. The highest BCUT2D eigenvalue weighted by atomic mass is 19.1. The van der Waals surface area contributed by atoms with Gasteiger partial charge < -0.3 is 10.6 Å². The second kappa shape index (κ2) is 7.88. The summed E-state index contributed by atoms with van der Waals surface area (Å²) in [7, 11) is 0. The summed E-state index contributed by atoms with van der Waals surface area (Å²) >= 11 is 0. The van der Waals surface area contributed by atoms with E-state index in [1.165, 1.54) is 13.0 Å². The summed E-state index contributed by atoms with van der Waals surface area (Å²) in [5, 5.41) is 4.97. The molecule has 2 aromatic carbocycles. The van der Waals surface area contributed by atoms with Gasteiger partial charge >= 0.3 is 0 Å². The number of rotatable bonds is 3. The molecule has 0 saturated heterocycles. The van der Waals surface area contributed by atoms with Crippen LogP contribution in [0.3, 0.4) is 0 Å². The molecule has 2 aromatic rings. The molecule has 122 valence electrons. The lowest BCUT2D eigenvalue weighted by atomic mass is 10.2. The largest absolute Gasteiger partial charge is 0.341 e. The third-order valence-corrected chi connectivity index (χ3v) is 2.97. The van der Waals surface area contributed by atoms with E-state index in [9.17, 15) is 18.4 Å². The van der Waals surface area contributed by atoms with Crippen LogP contribution in [0.2, 0.25) is 0 Å². The standard InChI is InChI=1S/C18H14F2N2O2/c1-12(23)22-14-9-7-13(8-10-14)4-3-11-21-18(24)17-15(19)5-2-6-16(17)20/h2,5-10H,11H2,1H3,(H,21,24)(H,22,23). The van der Waals surface area contributed by atoms with Gasteiger partial charge in [0.15, 0.2) is 0 Å². The molecule has 0 bridgehead atoms. The van der Waals surface area contributed by atoms with E-state index >= 15 is 0 Å². The fourth-order valence-corrected chi connectivity index (χ4v) is 1.91. The number of hydrogen-bond acceptors (Lipinski definition) is 2. The van der Waals surface area contributed by atoms with Crippen LogP contribution in [-0.4, -0.2) is 18.4 Å². The predicted octanol–water partition coefficient (Wildman–Crippen LogP) is 2.70. The van der Waals surface area contributed by atoms with Gasteiger partial charge in [0.25, 0.3) is 5.91 Å². The monoisotopic (exact) mass is 328 g/mol. The van der Waals surface area contributed by atoms with Crippen LogP contribution in [0.15, 0.2) is 42.5 Å². The van der Waals surface area contributed by atoms with E-state index in [1.807, 2.05) is 0 Å². The molecule has 6 heteroatoms. The van der Waals surface area contributed by atoms with Crippen LogP contribution in [0.1, 0.15) is 22.8 Å². The molecule has 0 spiro atoms. The third-order valence-electron chi connectivity index (χ3n) is 2.97. The number of amides is 2. The van der Waals surface area contributed by atoms with Gasteiger partial charge in [-0.1, -0.05) is 17.9 Å². The second-order valence-corrected chi connectivity index (χ2v) is 4.84. The Morgan fingerprint density at radius 3 is 2.25 bits per heavy atom. The molecule has 0 fully saturated rings. The summed E-state index contributed by atoms with van der Waals surface area (Å²) in [6.45, 7) is 1.36. The first-order valence-electron chi connectivity index (χ1n) is 7.06. The lowest BCUT2D eigenvalue weighted by Crippen LogP contribution is -2.25. The van der Waals surface area contributed by atoms with E-state index in [0.717, 1.165) is 12.1 Å². The molecular formula is C18H14F2N2O2. The molecule has 0 aliphatic heterocycles. The van der Waals surface area contributed by atoms with Gasteiger partial charge in [0, 0.05) is 18.2 Å². The number of benzene rings is 2. The fraction of sp³-hybridized carbons (Fsp3) is 0.111. The van der Waals surface area contributed by atoms with Crippen molar-refractivity contribution in [1.82, 2.24) is 5.32 Å². The maximum absolute atomic E-state index is 13.4. The van der Waals surface area contributed by atoms with Gasteiger partial charge in [0.1, 0.15) is 17.2 Å². The summed E-state index contributed by atoms with van der Waals surface area (Å²) < 4.78 is 26.9. The van der Waals surface area contributed by atoms with Gasteiger partial charge in [-0.15, -0.1) is 0 Å². The molecule has 0 aliphatic rings. The normalized spacial score (nSPS) is 9.62. The number of carbonyl (C=O) groups is 2. The molecule has 0 heterocycles. The van der Waals surface area contributed by atoms with E-state index in [0.29, 0.717) is 11.3 Å². The average Bonchev–Trinajstić information content (AvgIpc) is 2.52. The van der Waals surface area contributed by atoms with E-state index in [1.54, 1.807) is 24.3 Å². The van der Waals surface area contributed by atoms with Crippen molar-refractivity contribution in [3.63, 3.8) is 0 Å². The van der Waals surface area contributed by atoms with Gasteiger partial charge in [0.05, 0.1) is 6.54 Å². The smallest absolute Gasteiger partial charge is 0.258 e. The Hall–Kier alpha value is -3.20. The molecule has 2 amide bonds. The summed E-state index contributed by atoms with van der Waals surface area (Å²) in [6, 6.07) is 10.0. The molecular weight excluding hydrogens is 314 g/mol. The lowest BCUT2D eigenvalue weighted by molar-refractivity contribution is -0.114. The van der Waals surface area contributed by atoms with Crippen molar-refractivity contribution >= 4 is 17.5 Å². The van der Waals surface area contributed by atoms with E-state index in [-0.39, 0.29) is 12.5 Å². The number of anilines is 1. The van der Waals surface area contributed by atoms with Gasteiger partial charge in [-0.25, -0.2) is 8.78 Å². The Kier molecular flexibility index (Phi) is 5.63. The second-order valence-electron chi connectivity index (χ2n) is 4.84. The maximum atomic E-state index is 13.4. The highest BCUT2D eigenvalue weighted by molar-refractivity contribution is 5.94. The molecule has 24 heavy (non-hydrogen) atoms. The summed E-state index contributed by atoms with van der Waals surface area (Å²) in [4.78, 5) is 22.7. The molecule has 0 radical (unpaired) electrons. The van der Waals surface area contributed by atoms with E-state index < -0.39 is 23.1 Å². The van der Waals surface area contributed by atoms with Crippen molar-refractivity contribution in [3.05, 3.63) is 65.2 Å². The van der Waals surface area contributed by atoms with Crippen molar-refractivity contribution in [3.8, 4) is 11.8 Å². The van der Waals surface area contributed by atoms with Crippen molar-refractivity contribution in [2.75, 3.05) is 11.9 Å². The molecule has 0 atom stereocenters. The Bertz CT molecular complexity index is 801. The van der Waals surface area contributed by atoms with Crippen LogP contribution in [0, 0.1) is 23.5 Å². The van der Waals surface area contributed by atoms with Gasteiger partial charge in [-0.05, 0) is 36.4 Å². The lowest BCUT2D eigenvalue weighted by Gasteiger charge is -2.04.